The number of benzene rings is 4. The molecule has 36 heavy (non-hydrogen) atoms. The van der Waals surface area contributed by atoms with Crippen LogP contribution in [0.1, 0.15) is 51.3 Å². The fourth-order valence-corrected chi connectivity index (χ4v) is 4.58. The molecule has 0 N–H and O–H groups in total. The van der Waals surface area contributed by atoms with E-state index >= 15 is 0 Å². The molecule has 1 heterocycles. The molecule has 5 rings (SSSR count). The van der Waals surface area contributed by atoms with Crippen molar-refractivity contribution in [2.75, 3.05) is 0 Å². The molecule has 0 spiro atoms. The molecule has 0 atom stereocenters. The van der Waals surface area contributed by atoms with E-state index in [-0.39, 0.29) is 5.78 Å². The van der Waals surface area contributed by atoms with Gasteiger partial charge in [0.25, 0.3) is 0 Å². The number of ketones is 1. The molecular formula is C31H26N2O3. The first-order valence-corrected chi connectivity index (χ1v) is 12.0. The molecule has 0 saturated heterocycles. The van der Waals surface area contributed by atoms with Gasteiger partial charge in [-0.3, -0.25) is 4.79 Å². The summed E-state index contributed by atoms with van der Waals surface area (Å²) in [5.74, 6) is -0.493. The summed E-state index contributed by atoms with van der Waals surface area (Å²) in [6.45, 7) is 6.67. The van der Waals surface area contributed by atoms with Gasteiger partial charge in [0, 0.05) is 39.5 Å². The zero-order valence-corrected chi connectivity index (χ0v) is 20.5. The van der Waals surface area contributed by atoms with Gasteiger partial charge in [-0.15, -0.1) is 0 Å². The minimum Gasteiger partial charge on any atom is -0.341 e. The Kier molecular flexibility index (Phi) is 6.21. The van der Waals surface area contributed by atoms with Crippen LogP contribution in [0.3, 0.4) is 0 Å². The second-order valence-electron chi connectivity index (χ2n) is 8.77. The zero-order valence-electron chi connectivity index (χ0n) is 20.5. The Labute approximate surface area is 209 Å². The molecule has 0 aliphatic rings. The van der Waals surface area contributed by atoms with E-state index in [0.717, 1.165) is 39.5 Å². The van der Waals surface area contributed by atoms with Crippen molar-refractivity contribution in [1.29, 1.82) is 0 Å². The highest BCUT2D eigenvalue weighted by atomic mass is 16.7. The number of aryl methyl sites for hydroxylation is 2. The molecule has 0 amide bonds. The van der Waals surface area contributed by atoms with Crippen LogP contribution in [-0.2, 0) is 11.4 Å². The fourth-order valence-electron chi connectivity index (χ4n) is 4.58. The van der Waals surface area contributed by atoms with E-state index in [1.807, 2.05) is 74.5 Å². The highest BCUT2D eigenvalue weighted by Crippen LogP contribution is 2.31. The quantitative estimate of drug-likeness (QED) is 0.116. The Bertz CT molecular complexity index is 1650. The number of nitrogens with zero attached hydrogens (tertiary/aromatic N) is 2. The number of oxime groups is 1. The van der Waals surface area contributed by atoms with E-state index in [4.69, 9.17) is 4.84 Å². The highest BCUT2D eigenvalue weighted by Gasteiger charge is 2.16. The minimum absolute atomic E-state index is 0.00844. The Morgan fingerprint density at radius 3 is 2.06 bits per heavy atom. The zero-order chi connectivity index (χ0) is 25.2. The number of hydrogen-bond acceptors (Lipinski definition) is 4. The molecule has 5 heteroatoms. The number of hydrogen-bond donors (Lipinski definition) is 0. The molecule has 5 aromatic rings. The third-order valence-electron chi connectivity index (χ3n) is 6.53. The van der Waals surface area contributed by atoms with Crippen molar-refractivity contribution < 1.29 is 14.4 Å². The molecule has 0 aliphatic heterocycles. The Balaban J connectivity index is 1.55. The van der Waals surface area contributed by atoms with Crippen LogP contribution in [0.5, 0.6) is 0 Å². The maximum absolute atomic E-state index is 13.3. The molecule has 4 aromatic carbocycles. The van der Waals surface area contributed by atoms with Gasteiger partial charge in [-0.2, -0.15) is 0 Å². The lowest BCUT2D eigenvalue weighted by Crippen LogP contribution is -2.03. The lowest BCUT2D eigenvalue weighted by atomic mass is 9.97. The standard InChI is InChI=1S/C31H26N2O3/c1-4-33-28-16-14-23(21(3)32-36-31(35)22-11-6-5-7-12-22)18-26(28)27-19-24(15-17-29(27)33)30(34)25-13-9-8-10-20(25)2/h5-19H,4H2,1-3H3/b32-21-. The van der Waals surface area contributed by atoms with Crippen LogP contribution in [0.25, 0.3) is 21.8 Å². The van der Waals surface area contributed by atoms with Gasteiger partial charge >= 0.3 is 5.97 Å². The van der Waals surface area contributed by atoms with Crippen LogP contribution in [0, 0.1) is 6.92 Å². The van der Waals surface area contributed by atoms with Crippen LogP contribution in [0.15, 0.2) is 96.2 Å². The molecule has 1 aromatic heterocycles. The molecule has 0 bridgehead atoms. The molecule has 0 radical (unpaired) electrons. The van der Waals surface area contributed by atoms with Crippen molar-refractivity contribution in [2.45, 2.75) is 27.3 Å². The van der Waals surface area contributed by atoms with Crippen LogP contribution in [0.4, 0.5) is 0 Å². The molecule has 0 aliphatic carbocycles. The lowest BCUT2D eigenvalue weighted by molar-refractivity contribution is 0.0516. The van der Waals surface area contributed by atoms with Gasteiger partial charge in [-0.25, -0.2) is 4.79 Å². The van der Waals surface area contributed by atoms with Crippen molar-refractivity contribution in [3.05, 3.63) is 119 Å². The van der Waals surface area contributed by atoms with E-state index in [9.17, 15) is 9.59 Å². The minimum atomic E-state index is -0.502. The van der Waals surface area contributed by atoms with Crippen LogP contribution >= 0.6 is 0 Å². The van der Waals surface area contributed by atoms with Crippen LogP contribution in [0.2, 0.25) is 0 Å². The number of fused-ring (bicyclic) bond motifs is 3. The van der Waals surface area contributed by atoms with E-state index in [1.54, 1.807) is 24.3 Å². The van der Waals surface area contributed by atoms with E-state index in [0.29, 0.717) is 22.4 Å². The Morgan fingerprint density at radius 2 is 1.39 bits per heavy atom. The summed E-state index contributed by atoms with van der Waals surface area (Å²) in [7, 11) is 0. The summed E-state index contributed by atoms with van der Waals surface area (Å²) in [6, 6.07) is 28.4. The van der Waals surface area contributed by atoms with Crippen molar-refractivity contribution in [1.82, 2.24) is 4.57 Å². The van der Waals surface area contributed by atoms with Gasteiger partial charge in [0.2, 0.25) is 0 Å². The Hall–Kier alpha value is -4.51. The molecule has 0 fully saturated rings. The molecule has 178 valence electrons. The summed E-state index contributed by atoms with van der Waals surface area (Å²) in [4.78, 5) is 30.8. The van der Waals surface area contributed by atoms with Gasteiger partial charge in [-0.05, 0) is 74.4 Å². The van der Waals surface area contributed by atoms with Crippen LogP contribution < -0.4 is 0 Å². The summed E-state index contributed by atoms with van der Waals surface area (Å²) in [5, 5.41) is 6.11. The van der Waals surface area contributed by atoms with Crippen molar-refractivity contribution in [3.8, 4) is 0 Å². The number of carbonyl (C=O) groups is 2. The monoisotopic (exact) mass is 474 g/mol. The van der Waals surface area contributed by atoms with Crippen molar-refractivity contribution in [2.24, 2.45) is 5.16 Å². The lowest BCUT2D eigenvalue weighted by Gasteiger charge is -2.06. The largest absolute Gasteiger partial charge is 0.365 e. The van der Waals surface area contributed by atoms with Gasteiger partial charge in [0.15, 0.2) is 5.78 Å². The normalized spacial score (nSPS) is 11.7. The molecule has 0 unspecified atom stereocenters. The average Bonchev–Trinajstić information content (AvgIpc) is 3.24. The van der Waals surface area contributed by atoms with Gasteiger partial charge in [-0.1, -0.05) is 53.7 Å². The summed E-state index contributed by atoms with van der Waals surface area (Å²) < 4.78 is 2.23. The highest BCUT2D eigenvalue weighted by molar-refractivity contribution is 6.16. The third kappa shape index (κ3) is 4.20. The first kappa shape index (κ1) is 23.2. The summed E-state index contributed by atoms with van der Waals surface area (Å²) >= 11 is 0. The first-order chi connectivity index (χ1) is 17.5. The number of aromatic nitrogens is 1. The third-order valence-corrected chi connectivity index (χ3v) is 6.53. The van der Waals surface area contributed by atoms with Gasteiger partial charge in [0.1, 0.15) is 0 Å². The molecule has 5 nitrogen and oxygen atoms in total. The van der Waals surface area contributed by atoms with E-state index in [2.05, 4.69) is 22.7 Å². The summed E-state index contributed by atoms with van der Waals surface area (Å²) in [6.07, 6.45) is 0. The fraction of sp³-hybridized carbons (Fsp3) is 0.129. The van der Waals surface area contributed by atoms with Crippen molar-refractivity contribution >= 4 is 39.3 Å². The van der Waals surface area contributed by atoms with Gasteiger partial charge in [0.05, 0.1) is 11.3 Å². The average molecular weight is 475 g/mol. The predicted molar refractivity (Wildman–Crippen MR) is 144 cm³/mol. The smallest absolute Gasteiger partial charge is 0.341 e. The number of carbonyl (C=O) groups excluding carboxylic acids is 2. The SMILES string of the molecule is CCn1c2ccc(C(=O)c3ccccc3C)cc2c2cc(/C(C)=N\OC(=O)c3ccccc3)ccc21. The molecule has 0 saturated carbocycles. The number of rotatable bonds is 6. The van der Waals surface area contributed by atoms with Crippen LogP contribution in [-0.4, -0.2) is 22.0 Å². The second-order valence-corrected chi connectivity index (χ2v) is 8.77. The van der Waals surface area contributed by atoms with Crippen molar-refractivity contribution in [3.63, 3.8) is 0 Å². The topological polar surface area (TPSA) is 60.7 Å². The maximum atomic E-state index is 13.3. The molecular weight excluding hydrogens is 448 g/mol. The second kappa shape index (κ2) is 9.62. The first-order valence-electron chi connectivity index (χ1n) is 12.0. The summed E-state index contributed by atoms with van der Waals surface area (Å²) in [5.41, 5.74) is 6.33. The van der Waals surface area contributed by atoms with E-state index in [1.165, 1.54) is 0 Å². The predicted octanol–water partition coefficient (Wildman–Crippen LogP) is 6.93. The maximum Gasteiger partial charge on any atom is 0.365 e. The van der Waals surface area contributed by atoms with E-state index < -0.39 is 5.97 Å². The van der Waals surface area contributed by atoms with Gasteiger partial charge < -0.3 is 9.40 Å². The Morgan fingerprint density at radius 1 is 0.778 bits per heavy atom.